The largest absolute Gasteiger partial charge is 0.307 e. The van der Waals surface area contributed by atoms with Crippen LogP contribution in [0.5, 0.6) is 0 Å². The fourth-order valence-electron chi connectivity index (χ4n) is 3.30. The summed E-state index contributed by atoms with van der Waals surface area (Å²) in [6.45, 7) is 4.50. The maximum Gasteiger partial charge on any atom is 0.0328 e. The molecule has 1 aliphatic rings. The lowest BCUT2D eigenvalue weighted by atomic mass is 10.0. The quantitative estimate of drug-likeness (QED) is 0.873. The van der Waals surface area contributed by atoms with E-state index >= 15 is 0 Å². The van der Waals surface area contributed by atoms with Crippen LogP contribution in [0.2, 0.25) is 0 Å². The van der Waals surface area contributed by atoms with Gasteiger partial charge in [-0.2, -0.15) is 0 Å². The molecule has 20 heavy (non-hydrogen) atoms. The van der Waals surface area contributed by atoms with Crippen molar-refractivity contribution >= 4 is 0 Å². The Bertz CT molecular complexity index is 588. The second kappa shape index (κ2) is 5.80. The highest BCUT2D eigenvalue weighted by molar-refractivity contribution is 5.34. The van der Waals surface area contributed by atoms with Gasteiger partial charge < -0.3 is 5.32 Å². The predicted molar refractivity (Wildman–Crippen MR) is 85.0 cm³/mol. The first kappa shape index (κ1) is 13.4. The van der Waals surface area contributed by atoms with Crippen LogP contribution in [0.4, 0.5) is 0 Å². The van der Waals surface area contributed by atoms with E-state index in [0.717, 1.165) is 6.42 Å². The Morgan fingerprint density at radius 1 is 1.10 bits per heavy atom. The molecule has 0 spiro atoms. The molecule has 2 atom stereocenters. The number of benzene rings is 2. The Morgan fingerprint density at radius 2 is 1.85 bits per heavy atom. The van der Waals surface area contributed by atoms with E-state index in [1.165, 1.54) is 35.1 Å². The van der Waals surface area contributed by atoms with E-state index in [4.69, 9.17) is 0 Å². The van der Waals surface area contributed by atoms with Crippen LogP contribution in [0.25, 0.3) is 0 Å². The van der Waals surface area contributed by atoms with Gasteiger partial charge in [-0.3, -0.25) is 0 Å². The molecule has 0 radical (unpaired) electrons. The van der Waals surface area contributed by atoms with E-state index in [2.05, 4.69) is 67.7 Å². The number of fused-ring (bicyclic) bond motifs is 1. The average molecular weight is 265 g/mol. The van der Waals surface area contributed by atoms with Gasteiger partial charge in [-0.15, -0.1) is 0 Å². The number of hydrogen-bond acceptors (Lipinski definition) is 1. The summed E-state index contributed by atoms with van der Waals surface area (Å²) in [7, 11) is 0. The smallest absolute Gasteiger partial charge is 0.0328 e. The summed E-state index contributed by atoms with van der Waals surface area (Å²) in [5, 5.41) is 3.81. The fourth-order valence-corrected chi connectivity index (χ4v) is 3.30. The maximum absolute atomic E-state index is 3.81. The summed E-state index contributed by atoms with van der Waals surface area (Å²) < 4.78 is 0. The summed E-state index contributed by atoms with van der Waals surface area (Å²) in [6.07, 6.45) is 3.55. The molecule has 3 rings (SSSR count). The van der Waals surface area contributed by atoms with Crippen LogP contribution in [0, 0.1) is 6.92 Å². The topological polar surface area (TPSA) is 12.0 Å². The van der Waals surface area contributed by atoms with Crippen LogP contribution in [0.15, 0.2) is 48.5 Å². The highest BCUT2D eigenvalue weighted by Crippen LogP contribution is 2.31. The van der Waals surface area contributed by atoms with Gasteiger partial charge in [0.2, 0.25) is 0 Å². The van der Waals surface area contributed by atoms with Gasteiger partial charge >= 0.3 is 0 Å². The van der Waals surface area contributed by atoms with Gasteiger partial charge in [-0.25, -0.2) is 0 Å². The van der Waals surface area contributed by atoms with E-state index in [9.17, 15) is 0 Å². The van der Waals surface area contributed by atoms with Crippen molar-refractivity contribution in [1.82, 2.24) is 5.32 Å². The maximum atomic E-state index is 3.81. The van der Waals surface area contributed by atoms with Crippen LogP contribution in [-0.4, -0.2) is 6.04 Å². The second-order valence-electron chi connectivity index (χ2n) is 5.99. The Kier molecular flexibility index (Phi) is 3.88. The Balaban J connectivity index is 1.66. The Labute approximate surface area is 122 Å². The Morgan fingerprint density at radius 3 is 2.70 bits per heavy atom. The third-order valence-corrected chi connectivity index (χ3v) is 4.41. The molecular weight excluding hydrogens is 242 g/mol. The number of nitrogens with one attached hydrogen (secondary N) is 1. The van der Waals surface area contributed by atoms with Crippen molar-refractivity contribution in [3.8, 4) is 0 Å². The molecule has 1 N–H and O–H groups in total. The molecule has 0 bridgehead atoms. The van der Waals surface area contributed by atoms with Crippen LogP contribution in [-0.2, 0) is 12.8 Å². The zero-order valence-corrected chi connectivity index (χ0v) is 12.4. The average Bonchev–Trinajstić information content (AvgIpc) is 2.85. The lowest BCUT2D eigenvalue weighted by Gasteiger charge is -2.21. The molecule has 0 heterocycles. The van der Waals surface area contributed by atoms with Crippen LogP contribution < -0.4 is 5.32 Å². The van der Waals surface area contributed by atoms with E-state index in [1.807, 2.05) is 0 Å². The third-order valence-electron chi connectivity index (χ3n) is 4.41. The summed E-state index contributed by atoms with van der Waals surface area (Å²) in [6, 6.07) is 18.6. The number of aryl methyl sites for hydroxylation is 2. The number of rotatable bonds is 4. The predicted octanol–water partition coefficient (Wildman–Crippen LogP) is 4.20. The van der Waals surface area contributed by atoms with E-state index in [0.29, 0.717) is 12.1 Å². The first-order valence-corrected chi connectivity index (χ1v) is 7.62. The van der Waals surface area contributed by atoms with E-state index < -0.39 is 0 Å². The molecule has 1 nitrogen and oxygen atoms in total. The molecule has 1 aliphatic carbocycles. The highest BCUT2D eigenvalue weighted by atomic mass is 14.9. The summed E-state index contributed by atoms with van der Waals surface area (Å²) in [5.74, 6) is 0. The zero-order valence-electron chi connectivity index (χ0n) is 12.4. The molecule has 0 amide bonds. The lowest BCUT2D eigenvalue weighted by molar-refractivity contribution is 0.451. The third kappa shape index (κ3) is 2.78. The van der Waals surface area contributed by atoms with Crippen LogP contribution >= 0.6 is 0 Å². The molecule has 0 fully saturated rings. The van der Waals surface area contributed by atoms with Crippen LogP contribution in [0.1, 0.15) is 41.6 Å². The lowest BCUT2D eigenvalue weighted by Crippen LogP contribution is -2.31. The number of hydrogen-bond donors (Lipinski definition) is 1. The van der Waals surface area contributed by atoms with Gasteiger partial charge in [-0.1, -0.05) is 48.5 Å². The van der Waals surface area contributed by atoms with E-state index in [1.54, 1.807) is 0 Å². The van der Waals surface area contributed by atoms with Crippen molar-refractivity contribution in [1.29, 1.82) is 0 Å². The molecule has 2 unspecified atom stereocenters. The first-order valence-electron chi connectivity index (χ1n) is 7.62. The standard InChI is InChI=1S/C19H23N/c1-14-7-3-4-9-17(14)13-15(2)20-19-12-11-16-8-5-6-10-18(16)19/h3-10,15,19-20H,11-13H2,1-2H3. The molecule has 0 saturated carbocycles. The SMILES string of the molecule is Cc1ccccc1CC(C)NC1CCc2ccccc21. The summed E-state index contributed by atoms with van der Waals surface area (Å²) >= 11 is 0. The van der Waals surface area contributed by atoms with Crippen molar-refractivity contribution in [3.05, 3.63) is 70.8 Å². The van der Waals surface area contributed by atoms with E-state index in [-0.39, 0.29) is 0 Å². The molecule has 0 aliphatic heterocycles. The molecule has 0 saturated heterocycles. The minimum absolute atomic E-state index is 0.507. The monoisotopic (exact) mass is 265 g/mol. The van der Waals surface area contributed by atoms with Crippen molar-refractivity contribution in [3.63, 3.8) is 0 Å². The molecule has 1 heteroatoms. The second-order valence-corrected chi connectivity index (χ2v) is 5.99. The fraction of sp³-hybridized carbons (Fsp3) is 0.368. The van der Waals surface area contributed by atoms with Gasteiger partial charge in [0, 0.05) is 12.1 Å². The normalized spacial score (nSPS) is 18.8. The molecular formula is C19H23N. The molecule has 0 aromatic heterocycles. The first-order chi connectivity index (χ1) is 9.74. The van der Waals surface area contributed by atoms with Crippen molar-refractivity contribution in [2.45, 2.75) is 45.2 Å². The minimum Gasteiger partial charge on any atom is -0.307 e. The van der Waals surface area contributed by atoms with Gasteiger partial charge in [-0.05, 0) is 55.4 Å². The summed E-state index contributed by atoms with van der Waals surface area (Å²) in [5.41, 5.74) is 5.88. The Hall–Kier alpha value is -1.60. The molecule has 2 aromatic rings. The molecule has 104 valence electrons. The van der Waals surface area contributed by atoms with Gasteiger partial charge in [0.05, 0.1) is 0 Å². The van der Waals surface area contributed by atoms with Gasteiger partial charge in [0.15, 0.2) is 0 Å². The van der Waals surface area contributed by atoms with Crippen molar-refractivity contribution in [2.75, 3.05) is 0 Å². The minimum atomic E-state index is 0.507. The zero-order chi connectivity index (χ0) is 13.9. The van der Waals surface area contributed by atoms with Crippen molar-refractivity contribution in [2.24, 2.45) is 0 Å². The molecule has 2 aromatic carbocycles. The highest BCUT2D eigenvalue weighted by Gasteiger charge is 2.22. The van der Waals surface area contributed by atoms with Gasteiger partial charge in [0.25, 0.3) is 0 Å². The van der Waals surface area contributed by atoms with Crippen molar-refractivity contribution < 1.29 is 0 Å². The summed E-state index contributed by atoms with van der Waals surface area (Å²) in [4.78, 5) is 0. The van der Waals surface area contributed by atoms with Crippen LogP contribution in [0.3, 0.4) is 0 Å². The van der Waals surface area contributed by atoms with Gasteiger partial charge in [0.1, 0.15) is 0 Å².